The number of rotatable bonds is 7. The standard InChI is InChI=1S/C19H20N2O4/c1-3-24-18(22)17(19(23)25-4-2)13-21-16-9-5-7-14(11-16)15-8-6-10-20-12-15/h5-13,21H,3-4H2,1-2H3. The van der Waals surface area contributed by atoms with E-state index in [1.54, 1.807) is 26.2 Å². The lowest BCUT2D eigenvalue weighted by atomic mass is 10.1. The van der Waals surface area contributed by atoms with Crippen LogP contribution in [0.4, 0.5) is 5.69 Å². The number of nitrogens with one attached hydrogen (secondary N) is 1. The molecule has 25 heavy (non-hydrogen) atoms. The van der Waals surface area contributed by atoms with E-state index in [4.69, 9.17) is 9.47 Å². The fourth-order valence-corrected chi connectivity index (χ4v) is 2.10. The molecule has 2 aromatic rings. The van der Waals surface area contributed by atoms with Crippen LogP contribution in [0.2, 0.25) is 0 Å². The summed E-state index contributed by atoms with van der Waals surface area (Å²) < 4.78 is 9.79. The Morgan fingerprint density at radius 1 is 1.04 bits per heavy atom. The van der Waals surface area contributed by atoms with Gasteiger partial charge in [0, 0.05) is 29.8 Å². The van der Waals surface area contributed by atoms with Crippen LogP contribution in [-0.4, -0.2) is 30.1 Å². The van der Waals surface area contributed by atoms with Gasteiger partial charge in [-0.25, -0.2) is 9.59 Å². The van der Waals surface area contributed by atoms with Crippen LogP contribution in [0, 0.1) is 0 Å². The third-order valence-electron chi connectivity index (χ3n) is 3.23. The molecule has 0 atom stereocenters. The van der Waals surface area contributed by atoms with E-state index in [9.17, 15) is 9.59 Å². The smallest absolute Gasteiger partial charge is 0.347 e. The molecule has 130 valence electrons. The molecule has 6 heteroatoms. The van der Waals surface area contributed by atoms with Gasteiger partial charge in [-0.3, -0.25) is 4.98 Å². The number of hydrogen-bond donors (Lipinski definition) is 1. The lowest BCUT2D eigenvalue weighted by Gasteiger charge is -2.09. The van der Waals surface area contributed by atoms with E-state index < -0.39 is 11.9 Å². The molecule has 1 heterocycles. The number of benzene rings is 1. The number of carbonyl (C=O) groups excluding carboxylic acids is 2. The highest BCUT2D eigenvalue weighted by atomic mass is 16.6. The molecule has 0 aliphatic rings. The first-order valence-electron chi connectivity index (χ1n) is 7.97. The molecule has 0 aliphatic heterocycles. The molecule has 1 aromatic heterocycles. The van der Waals surface area contributed by atoms with E-state index >= 15 is 0 Å². The predicted molar refractivity (Wildman–Crippen MR) is 94.6 cm³/mol. The first-order chi connectivity index (χ1) is 12.2. The van der Waals surface area contributed by atoms with E-state index in [1.807, 2.05) is 36.4 Å². The van der Waals surface area contributed by atoms with Crippen molar-refractivity contribution >= 4 is 17.6 Å². The van der Waals surface area contributed by atoms with Crippen molar-refractivity contribution in [2.45, 2.75) is 13.8 Å². The molecular weight excluding hydrogens is 320 g/mol. The zero-order valence-electron chi connectivity index (χ0n) is 14.2. The van der Waals surface area contributed by atoms with Gasteiger partial charge in [0.05, 0.1) is 13.2 Å². The quantitative estimate of drug-likeness (QED) is 0.361. The molecule has 0 spiro atoms. The first kappa shape index (κ1) is 18.2. The SMILES string of the molecule is CCOC(=O)C(=CNc1cccc(-c2cccnc2)c1)C(=O)OCC. The zero-order chi connectivity index (χ0) is 18.1. The zero-order valence-corrected chi connectivity index (χ0v) is 14.2. The summed E-state index contributed by atoms with van der Waals surface area (Å²) in [7, 11) is 0. The second-order valence-corrected chi connectivity index (χ2v) is 4.97. The van der Waals surface area contributed by atoms with Gasteiger partial charge in [0.25, 0.3) is 0 Å². The molecule has 0 fully saturated rings. The summed E-state index contributed by atoms with van der Waals surface area (Å²) in [5.74, 6) is -1.45. The Hall–Kier alpha value is -3.15. The second-order valence-electron chi connectivity index (χ2n) is 4.97. The molecule has 0 saturated heterocycles. The number of nitrogens with zero attached hydrogens (tertiary/aromatic N) is 1. The topological polar surface area (TPSA) is 77.5 Å². The molecule has 1 N–H and O–H groups in total. The molecule has 0 bridgehead atoms. The Morgan fingerprint density at radius 3 is 2.32 bits per heavy atom. The maximum Gasteiger partial charge on any atom is 0.347 e. The maximum absolute atomic E-state index is 11.9. The largest absolute Gasteiger partial charge is 0.462 e. The summed E-state index contributed by atoms with van der Waals surface area (Å²) in [6.45, 7) is 3.69. The number of aromatic nitrogens is 1. The highest BCUT2D eigenvalue weighted by molar-refractivity contribution is 6.14. The van der Waals surface area contributed by atoms with Gasteiger partial charge in [0.1, 0.15) is 0 Å². The van der Waals surface area contributed by atoms with Crippen molar-refractivity contribution in [3.05, 3.63) is 60.6 Å². The monoisotopic (exact) mass is 340 g/mol. The first-order valence-corrected chi connectivity index (χ1v) is 7.97. The number of anilines is 1. The van der Waals surface area contributed by atoms with Crippen LogP contribution < -0.4 is 5.32 Å². The van der Waals surface area contributed by atoms with Crippen molar-refractivity contribution in [3.63, 3.8) is 0 Å². The minimum absolute atomic E-state index is 0.173. The van der Waals surface area contributed by atoms with Crippen LogP contribution >= 0.6 is 0 Å². The minimum Gasteiger partial charge on any atom is -0.462 e. The number of hydrogen-bond acceptors (Lipinski definition) is 6. The van der Waals surface area contributed by atoms with Crippen LogP contribution in [0.1, 0.15) is 13.8 Å². The number of esters is 2. The van der Waals surface area contributed by atoms with Crippen molar-refractivity contribution < 1.29 is 19.1 Å². The van der Waals surface area contributed by atoms with Crippen LogP contribution in [0.5, 0.6) is 0 Å². The van der Waals surface area contributed by atoms with Crippen molar-refractivity contribution in [1.29, 1.82) is 0 Å². The van der Waals surface area contributed by atoms with Crippen molar-refractivity contribution in [2.75, 3.05) is 18.5 Å². The summed E-state index contributed by atoms with van der Waals surface area (Å²) in [5.41, 5.74) is 2.45. The predicted octanol–water partition coefficient (Wildman–Crippen LogP) is 3.17. The van der Waals surface area contributed by atoms with Gasteiger partial charge in [0.15, 0.2) is 5.57 Å². The third-order valence-corrected chi connectivity index (χ3v) is 3.23. The van der Waals surface area contributed by atoms with Crippen molar-refractivity contribution in [1.82, 2.24) is 4.98 Å². The van der Waals surface area contributed by atoms with E-state index in [0.29, 0.717) is 5.69 Å². The molecule has 2 rings (SSSR count). The highest BCUT2D eigenvalue weighted by Gasteiger charge is 2.20. The Labute approximate surface area is 146 Å². The van der Waals surface area contributed by atoms with Gasteiger partial charge < -0.3 is 14.8 Å². The van der Waals surface area contributed by atoms with Crippen LogP contribution in [-0.2, 0) is 19.1 Å². The third kappa shape index (κ3) is 5.17. The number of pyridine rings is 1. The van der Waals surface area contributed by atoms with Crippen LogP contribution in [0.15, 0.2) is 60.6 Å². The Balaban J connectivity index is 2.22. The van der Waals surface area contributed by atoms with E-state index in [-0.39, 0.29) is 18.8 Å². The molecule has 0 aliphatic carbocycles. The fraction of sp³-hybridized carbons (Fsp3) is 0.211. The highest BCUT2D eigenvalue weighted by Crippen LogP contribution is 2.21. The molecule has 0 amide bonds. The Kier molecular flexibility index (Phi) is 6.71. The van der Waals surface area contributed by atoms with E-state index in [1.165, 1.54) is 6.20 Å². The van der Waals surface area contributed by atoms with Gasteiger partial charge in [-0.1, -0.05) is 18.2 Å². The average molecular weight is 340 g/mol. The lowest BCUT2D eigenvalue weighted by Crippen LogP contribution is -2.19. The molecule has 0 saturated carbocycles. The van der Waals surface area contributed by atoms with E-state index in [0.717, 1.165) is 11.1 Å². The van der Waals surface area contributed by atoms with Gasteiger partial charge in [0.2, 0.25) is 0 Å². The van der Waals surface area contributed by atoms with Gasteiger partial charge in [-0.2, -0.15) is 0 Å². The normalized spacial score (nSPS) is 9.84. The summed E-state index contributed by atoms with van der Waals surface area (Å²) in [6, 6.07) is 11.3. The minimum atomic E-state index is -0.725. The van der Waals surface area contributed by atoms with Crippen molar-refractivity contribution in [3.8, 4) is 11.1 Å². The van der Waals surface area contributed by atoms with Gasteiger partial charge in [-0.05, 0) is 37.6 Å². The van der Waals surface area contributed by atoms with Crippen molar-refractivity contribution in [2.24, 2.45) is 0 Å². The van der Waals surface area contributed by atoms with Gasteiger partial charge >= 0.3 is 11.9 Å². The van der Waals surface area contributed by atoms with Gasteiger partial charge in [-0.15, -0.1) is 0 Å². The Morgan fingerprint density at radius 2 is 1.72 bits per heavy atom. The summed E-state index contributed by atoms with van der Waals surface area (Å²) in [6.07, 6.45) is 4.77. The van der Waals surface area contributed by atoms with Crippen LogP contribution in [0.25, 0.3) is 11.1 Å². The van der Waals surface area contributed by atoms with Crippen LogP contribution in [0.3, 0.4) is 0 Å². The average Bonchev–Trinajstić information content (AvgIpc) is 2.63. The molecule has 1 aromatic carbocycles. The number of carbonyl (C=O) groups is 2. The molecule has 6 nitrogen and oxygen atoms in total. The Bertz CT molecular complexity index is 737. The molecule has 0 unspecified atom stereocenters. The summed E-state index contributed by atoms with van der Waals surface area (Å²) in [5, 5.41) is 2.95. The molecule has 0 radical (unpaired) electrons. The second kappa shape index (κ2) is 9.22. The fourth-order valence-electron chi connectivity index (χ4n) is 2.10. The maximum atomic E-state index is 11.9. The molecular formula is C19H20N2O4. The lowest BCUT2D eigenvalue weighted by molar-refractivity contribution is -0.146. The summed E-state index contributed by atoms with van der Waals surface area (Å²) >= 11 is 0. The summed E-state index contributed by atoms with van der Waals surface area (Å²) in [4.78, 5) is 28.0. The number of ether oxygens (including phenoxy) is 2. The van der Waals surface area contributed by atoms with E-state index in [2.05, 4.69) is 10.3 Å².